The zero-order chi connectivity index (χ0) is 8.10. The largest absolute Gasteiger partial charge is 0.331 e. The Morgan fingerprint density at radius 3 is 3.36 bits per heavy atom. The quantitative estimate of drug-likeness (QED) is 0.374. The van der Waals surface area contributed by atoms with Crippen LogP contribution >= 0.6 is 11.3 Å². The Balaban J connectivity index is 2.43. The van der Waals surface area contributed by atoms with Crippen LogP contribution in [0.5, 0.6) is 0 Å². The molecule has 5 heteroatoms. The van der Waals surface area contributed by atoms with Gasteiger partial charge in [0.1, 0.15) is 0 Å². The third-order valence-electron chi connectivity index (χ3n) is 0.773. The van der Waals surface area contributed by atoms with E-state index in [-0.39, 0.29) is 0 Å². The van der Waals surface area contributed by atoms with Crippen LogP contribution in [-0.4, -0.2) is 17.2 Å². The fourth-order valence-corrected chi connectivity index (χ4v) is 0.851. The van der Waals surface area contributed by atoms with Gasteiger partial charge >= 0.3 is 5.97 Å². The highest BCUT2D eigenvalue weighted by atomic mass is 32.1. The summed E-state index contributed by atoms with van der Waals surface area (Å²) in [4.78, 5) is 18.3. The van der Waals surface area contributed by atoms with Crippen LogP contribution in [0.1, 0.15) is 12.6 Å². The maximum atomic E-state index is 10.2. The lowest BCUT2D eigenvalue weighted by molar-refractivity contribution is -0.140. The van der Waals surface area contributed by atoms with E-state index >= 15 is 0 Å². The summed E-state index contributed by atoms with van der Waals surface area (Å²) in [6.07, 6.45) is 1.36. The second-order valence-electron chi connectivity index (χ2n) is 1.68. The Labute approximate surface area is 67.5 Å². The molecule has 1 rings (SSSR count). The van der Waals surface area contributed by atoms with Crippen molar-refractivity contribution in [3.63, 3.8) is 0 Å². The van der Waals surface area contributed by atoms with Crippen molar-refractivity contribution in [2.24, 2.45) is 5.16 Å². The number of oxime groups is 1. The van der Waals surface area contributed by atoms with Crippen LogP contribution in [0.2, 0.25) is 0 Å². The molecular formula is C6H5N2O2S. The Morgan fingerprint density at radius 2 is 2.82 bits per heavy atom. The van der Waals surface area contributed by atoms with Crippen LogP contribution < -0.4 is 0 Å². The zero-order valence-corrected chi connectivity index (χ0v) is 6.59. The lowest BCUT2D eigenvalue weighted by Gasteiger charge is -1.85. The first-order valence-corrected chi connectivity index (χ1v) is 3.69. The van der Waals surface area contributed by atoms with Gasteiger partial charge in [0.25, 0.3) is 0 Å². The molecule has 0 atom stereocenters. The van der Waals surface area contributed by atoms with E-state index in [1.807, 2.05) is 0 Å². The van der Waals surface area contributed by atoms with Gasteiger partial charge in [0.2, 0.25) is 0 Å². The highest BCUT2D eigenvalue weighted by molar-refractivity contribution is 7.07. The lowest BCUT2D eigenvalue weighted by atomic mass is 10.6. The van der Waals surface area contributed by atoms with E-state index in [2.05, 4.69) is 20.5 Å². The molecule has 0 aliphatic rings. The van der Waals surface area contributed by atoms with Gasteiger partial charge in [-0.05, 0) is 0 Å². The van der Waals surface area contributed by atoms with Crippen LogP contribution in [-0.2, 0) is 9.63 Å². The van der Waals surface area contributed by atoms with E-state index < -0.39 is 5.97 Å². The molecule has 0 aliphatic heterocycles. The maximum absolute atomic E-state index is 10.2. The third-order valence-corrected chi connectivity index (χ3v) is 1.33. The second kappa shape index (κ2) is 3.82. The standard InChI is InChI=1S/C6H5N2O2S/c1-5(9)10-8-2-6-3-11-4-7-6/h2-3H,1H3. The molecule has 1 aromatic rings. The molecule has 0 fully saturated rings. The Bertz CT molecular complexity index is 256. The molecule has 0 saturated carbocycles. The minimum Gasteiger partial charge on any atom is -0.319 e. The van der Waals surface area contributed by atoms with Gasteiger partial charge < -0.3 is 4.84 Å². The number of carbonyl (C=O) groups excluding carboxylic acids is 1. The molecule has 0 N–H and O–H groups in total. The first-order valence-electron chi connectivity index (χ1n) is 2.81. The molecule has 57 valence electrons. The summed E-state index contributed by atoms with van der Waals surface area (Å²) in [5, 5.41) is 5.11. The molecule has 0 spiro atoms. The van der Waals surface area contributed by atoms with Gasteiger partial charge in [-0.3, -0.25) is 0 Å². The first kappa shape index (κ1) is 7.87. The predicted octanol–water partition coefficient (Wildman–Crippen LogP) is 0.840. The molecule has 4 nitrogen and oxygen atoms in total. The van der Waals surface area contributed by atoms with Crippen LogP contribution in [0.4, 0.5) is 0 Å². The molecule has 1 aromatic heterocycles. The maximum Gasteiger partial charge on any atom is 0.331 e. The minimum absolute atomic E-state index is 0.444. The SMILES string of the molecule is CC(=O)ON=Cc1cs[c]n1. The van der Waals surface area contributed by atoms with Crippen LogP contribution in [0.3, 0.4) is 0 Å². The fraction of sp³-hybridized carbons (Fsp3) is 0.167. The van der Waals surface area contributed by atoms with E-state index in [9.17, 15) is 4.79 Å². The third kappa shape index (κ3) is 2.90. The van der Waals surface area contributed by atoms with Crippen LogP contribution in [0.25, 0.3) is 0 Å². The van der Waals surface area contributed by atoms with Gasteiger partial charge in [0, 0.05) is 12.3 Å². The van der Waals surface area contributed by atoms with Gasteiger partial charge in [0.15, 0.2) is 5.51 Å². The number of nitrogens with zero attached hydrogens (tertiary/aromatic N) is 2. The number of aromatic nitrogens is 1. The van der Waals surface area contributed by atoms with Crippen LogP contribution in [0, 0.1) is 5.51 Å². The average molecular weight is 169 g/mol. The van der Waals surface area contributed by atoms with Crippen molar-refractivity contribution in [1.82, 2.24) is 4.98 Å². The van der Waals surface area contributed by atoms with Crippen molar-refractivity contribution in [1.29, 1.82) is 0 Å². The summed E-state index contributed by atoms with van der Waals surface area (Å²) in [5.41, 5.74) is 3.26. The summed E-state index contributed by atoms with van der Waals surface area (Å²) in [7, 11) is 0. The summed E-state index contributed by atoms with van der Waals surface area (Å²) < 4.78 is 0. The number of thiazole rings is 1. The molecule has 0 saturated heterocycles. The Hall–Kier alpha value is -1.23. The fourth-order valence-electron chi connectivity index (χ4n) is 0.406. The normalized spacial score (nSPS) is 10.3. The van der Waals surface area contributed by atoms with Crippen molar-refractivity contribution < 1.29 is 9.63 Å². The van der Waals surface area contributed by atoms with Crippen molar-refractivity contribution in [3.8, 4) is 0 Å². The highest BCUT2D eigenvalue weighted by Crippen LogP contribution is 1.95. The van der Waals surface area contributed by atoms with E-state index in [1.165, 1.54) is 24.5 Å². The number of rotatable bonds is 2. The monoisotopic (exact) mass is 169 g/mol. The Morgan fingerprint density at radius 1 is 2.00 bits per heavy atom. The summed E-state index contributed by atoms with van der Waals surface area (Å²) >= 11 is 1.33. The van der Waals surface area contributed by atoms with Gasteiger partial charge in [-0.25, -0.2) is 9.78 Å². The van der Waals surface area contributed by atoms with Gasteiger partial charge in [0.05, 0.1) is 11.9 Å². The number of carbonyl (C=O) groups is 1. The van der Waals surface area contributed by atoms with E-state index in [1.54, 1.807) is 5.38 Å². The Kier molecular flexibility index (Phi) is 2.74. The van der Waals surface area contributed by atoms with E-state index in [0.29, 0.717) is 5.69 Å². The molecule has 11 heavy (non-hydrogen) atoms. The predicted molar refractivity (Wildman–Crippen MR) is 40.3 cm³/mol. The van der Waals surface area contributed by atoms with Gasteiger partial charge in [-0.2, -0.15) is 0 Å². The zero-order valence-electron chi connectivity index (χ0n) is 5.77. The van der Waals surface area contributed by atoms with Crippen LogP contribution in [0.15, 0.2) is 10.5 Å². The molecular weight excluding hydrogens is 164 g/mol. The topological polar surface area (TPSA) is 51.5 Å². The molecule has 0 bridgehead atoms. The van der Waals surface area contributed by atoms with Crippen molar-refractivity contribution in [2.45, 2.75) is 6.92 Å². The summed E-state index contributed by atoms with van der Waals surface area (Å²) in [6, 6.07) is 0. The highest BCUT2D eigenvalue weighted by Gasteiger charge is 1.90. The number of hydrogen-bond acceptors (Lipinski definition) is 5. The first-order chi connectivity index (χ1) is 5.29. The van der Waals surface area contributed by atoms with Crippen molar-refractivity contribution >= 4 is 23.5 Å². The smallest absolute Gasteiger partial charge is 0.319 e. The molecule has 1 radical (unpaired) electrons. The van der Waals surface area contributed by atoms with Crippen molar-refractivity contribution in [2.75, 3.05) is 0 Å². The molecule has 0 aliphatic carbocycles. The minimum atomic E-state index is -0.444. The van der Waals surface area contributed by atoms with E-state index in [0.717, 1.165) is 0 Å². The molecule has 0 aromatic carbocycles. The second-order valence-corrected chi connectivity index (χ2v) is 2.34. The molecule has 0 unspecified atom stereocenters. The van der Waals surface area contributed by atoms with E-state index in [4.69, 9.17) is 0 Å². The van der Waals surface area contributed by atoms with Gasteiger partial charge in [-0.1, -0.05) is 5.16 Å². The average Bonchev–Trinajstić information content (AvgIpc) is 2.39. The number of hydrogen-bond donors (Lipinski definition) is 0. The summed E-state index contributed by atoms with van der Waals surface area (Å²) in [5.74, 6) is -0.444. The van der Waals surface area contributed by atoms with Crippen molar-refractivity contribution in [3.05, 3.63) is 16.6 Å². The summed E-state index contributed by atoms with van der Waals surface area (Å²) in [6.45, 7) is 1.28. The van der Waals surface area contributed by atoms with Gasteiger partial charge in [-0.15, -0.1) is 11.3 Å². The lowest BCUT2D eigenvalue weighted by Crippen LogP contribution is -1.91. The molecule has 1 heterocycles. The molecule has 0 amide bonds.